The van der Waals surface area contributed by atoms with E-state index in [0.717, 1.165) is 16.9 Å². The van der Waals surface area contributed by atoms with Crippen molar-refractivity contribution < 1.29 is 18.7 Å². The second-order valence-electron chi connectivity index (χ2n) is 6.41. The lowest BCUT2D eigenvalue weighted by atomic mass is 9.94. The monoisotopic (exact) mass is 420 g/mol. The summed E-state index contributed by atoms with van der Waals surface area (Å²) in [5, 5.41) is 0. The zero-order valence-corrected chi connectivity index (χ0v) is 16.4. The van der Waals surface area contributed by atoms with Gasteiger partial charge in [-0.1, -0.05) is 24.3 Å². The van der Waals surface area contributed by atoms with Gasteiger partial charge >= 0.3 is 5.97 Å². The van der Waals surface area contributed by atoms with Crippen molar-refractivity contribution in [2.75, 3.05) is 20.7 Å². The molecule has 0 spiro atoms. The number of rotatable bonds is 5. The molecule has 26 heavy (non-hydrogen) atoms. The van der Waals surface area contributed by atoms with Crippen LogP contribution in [0.25, 0.3) is 0 Å². The summed E-state index contributed by atoms with van der Waals surface area (Å²) in [7, 11) is 3.20. The quantitative estimate of drug-likeness (QED) is 0.695. The molecule has 1 aliphatic heterocycles. The number of halogens is 1. The minimum atomic E-state index is -0.589. The minimum absolute atomic E-state index is 0.108. The van der Waals surface area contributed by atoms with E-state index < -0.39 is 6.04 Å². The van der Waals surface area contributed by atoms with E-state index in [1.807, 2.05) is 48.3 Å². The molecule has 7 heteroatoms. The molecule has 1 aliphatic rings. The molecule has 2 aromatic rings. The van der Waals surface area contributed by atoms with Crippen molar-refractivity contribution in [3.63, 3.8) is 0 Å². The molecule has 1 atom stereocenters. The van der Waals surface area contributed by atoms with E-state index in [9.17, 15) is 9.59 Å². The van der Waals surface area contributed by atoms with Crippen molar-refractivity contribution in [2.45, 2.75) is 25.6 Å². The SMILES string of the molecule is COC(=O)C1Cc2ccccc2CN1C(=O)CN(C)Cc1ccc(Br)o1. The number of amides is 1. The number of hydrogen-bond donors (Lipinski definition) is 0. The molecule has 1 aromatic heterocycles. The number of likely N-dealkylation sites (N-methyl/N-ethyl adjacent to an activating group) is 1. The van der Waals surface area contributed by atoms with E-state index in [2.05, 4.69) is 15.9 Å². The van der Waals surface area contributed by atoms with Gasteiger partial charge in [0.15, 0.2) is 4.67 Å². The van der Waals surface area contributed by atoms with Crippen molar-refractivity contribution in [2.24, 2.45) is 0 Å². The van der Waals surface area contributed by atoms with Gasteiger partial charge in [-0.3, -0.25) is 9.69 Å². The van der Waals surface area contributed by atoms with Crippen LogP contribution in [0.1, 0.15) is 16.9 Å². The van der Waals surface area contributed by atoms with Gasteiger partial charge in [0.25, 0.3) is 0 Å². The first-order chi connectivity index (χ1) is 12.5. The summed E-state index contributed by atoms with van der Waals surface area (Å²) in [6.07, 6.45) is 0.476. The number of carbonyl (C=O) groups excluding carboxylic acids is 2. The van der Waals surface area contributed by atoms with Crippen molar-refractivity contribution >= 4 is 27.8 Å². The largest absolute Gasteiger partial charge is 0.467 e. The number of benzene rings is 1. The average molecular weight is 421 g/mol. The number of methoxy groups -OCH3 is 1. The Morgan fingerprint density at radius 2 is 2.00 bits per heavy atom. The number of fused-ring (bicyclic) bond motifs is 1. The molecule has 3 rings (SSSR count). The van der Waals surface area contributed by atoms with E-state index in [-0.39, 0.29) is 18.4 Å². The van der Waals surface area contributed by atoms with Gasteiger partial charge in [0.05, 0.1) is 20.2 Å². The van der Waals surface area contributed by atoms with E-state index in [4.69, 9.17) is 9.15 Å². The van der Waals surface area contributed by atoms with E-state index >= 15 is 0 Å². The smallest absolute Gasteiger partial charge is 0.328 e. The number of nitrogens with zero attached hydrogens (tertiary/aromatic N) is 2. The van der Waals surface area contributed by atoms with Gasteiger partial charge in [-0.05, 0) is 46.2 Å². The molecular formula is C19H21BrN2O4. The summed E-state index contributed by atoms with van der Waals surface area (Å²) in [5.41, 5.74) is 2.15. The third kappa shape index (κ3) is 4.16. The summed E-state index contributed by atoms with van der Waals surface area (Å²) < 4.78 is 11.1. The number of furan rings is 1. The summed E-state index contributed by atoms with van der Waals surface area (Å²) in [5.74, 6) is 0.272. The van der Waals surface area contributed by atoms with Crippen molar-refractivity contribution in [1.82, 2.24) is 9.80 Å². The zero-order chi connectivity index (χ0) is 18.7. The molecule has 0 saturated carbocycles. The number of esters is 1. The zero-order valence-electron chi connectivity index (χ0n) is 14.8. The topological polar surface area (TPSA) is 63.0 Å². The highest BCUT2D eigenvalue weighted by Gasteiger charge is 2.35. The Balaban J connectivity index is 1.72. The van der Waals surface area contributed by atoms with E-state index in [1.54, 1.807) is 4.90 Å². The predicted molar refractivity (Wildman–Crippen MR) is 99.2 cm³/mol. The lowest BCUT2D eigenvalue weighted by Crippen LogP contribution is -2.51. The van der Waals surface area contributed by atoms with Crippen molar-refractivity contribution in [1.29, 1.82) is 0 Å². The van der Waals surface area contributed by atoms with Gasteiger partial charge in [0.2, 0.25) is 5.91 Å². The molecule has 0 aliphatic carbocycles. The van der Waals surface area contributed by atoms with E-state index in [0.29, 0.717) is 24.2 Å². The fourth-order valence-electron chi connectivity index (χ4n) is 3.21. The fourth-order valence-corrected chi connectivity index (χ4v) is 3.55. The summed E-state index contributed by atoms with van der Waals surface area (Å²) >= 11 is 3.27. The molecule has 138 valence electrons. The van der Waals surface area contributed by atoms with Crippen LogP contribution in [0.15, 0.2) is 45.5 Å². The van der Waals surface area contributed by atoms with Crippen LogP contribution in [0, 0.1) is 0 Å². The summed E-state index contributed by atoms with van der Waals surface area (Å²) in [6, 6.07) is 11.0. The van der Waals surface area contributed by atoms with Gasteiger partial charge in [0.1, 0.15) is 11.8 Å². The van der Waals surface area contributed by atoms with Crippen LogP contribution >= 0.6 is 15.9 Å². The Bertz CT molecular complexity index is 804. The number of hydrogen-bond acceptors (Lipinski definition) is 5. The Kier molecular flexibility index (Phi) is 5.78. The Morgan fingerprint density at radius 3 is 2.65 bits per heavy atom. The minimum Gasteiger partial charge on any atom is -0.467 e. The van der Waals surface area contributed by atoms with Crippen LogP contribution in [0.2, 0.25) is 0 Å². The standard InChI is InChI=1S/C19H21BrN2O4/c1-21(11-15-7-8-17(20)26-15)12-18(23)22-10-14-6-4-3-5-13(14)9-16(22)19(24)25-2/h3-8,16H,9-12H2,1-2H3. The molecule has 1 amide bonds. The molecule has 6 nitrogen and oxygen atoms in total. The van der Waals surface area contributed by atoms with Crippen LogP contribution in [0.4, 0.5) is 0 Å². The molecular weight excluding hydrogens is 400 g/mol. The molecule has 1 unspecified atom stereocenters. The van der Waals surface area contributed by atoms with E-state index in [1.165, 1.54) is 7.11 Å². The van der Waals surface area contributed by atoms with Crippen LogP contribution in [-0.4, -0.2) is 48.4 Å². The second kappa shape index (κ2) is 8.05. The third-order valence-electron chi connectivity index (χ3n) is 4.50. The van der Waals surface area contributed by atoms with Gasteiger partial charge < -0.3 is 14.1 Å². The maximum absolute atomic E-state index is 12.9. The Labute approximate surface area is 160 Å². The van der Waals surface area contributed by atoms with Crippen LogP contribution in [0.5, 0.6) is 0 Å². The number of carbonyl (C=O) groups is 2. The Hall–Kier alpha value is -2.12. The van der Waals surface area contributed by atoms with Gasteiger partial charge in [-0.25, -0.2) is 4.79 Å². The highest BCUT2D eigenvalue weighted by Crippen LogP contribution is 2.24. The first kappa shape index (κ1) is 18.7. The number of ether oxygens (including phenoxy) is 1. The van der Waals surface area contributed by atoms with Crippen LogP contribution in [0.3, 0.4) is 0 Å². The van der Waals surface area contributed by atoms with Crippen LogP contribution in [-0.2, 0) is 33.8 Å². The molecule has 0 N–H and O–H groups in total. The highest BCUT2D eigenvalue weighted by atomic mass is 79.9. The normalized spacial score (nSPS) is 16.5. The molecule has 2 heterocycles. The fraction of sp³-hybridized carbons (Fsp3) is 0.368. The van der Waals surface area contributed by atoms with Crippen LogP contribution < -0.4 is 0 Å². The van der Waals surface area contributed by atoms with Gasteiger partial charge in [0, 0.05) is 13.0 Å². The Morgan fingerprint density at radius 1 is 1.27 bits per heavy atom. The van der Waals surface area contributed by atoms with Crippen molar-refractivity contribution in [3.05, 3.63) is 58.0 Å². The second-order valence-corrected chi connectivity index (χ2v) is 7.19. The third-order valence-corrected chi connectivity index (χ3v) is 4.93. The van der Waals surface area contributed by atoms with Gasteiger partial charge in [-0.2, -0.15) is 0 Å². The summed E-state index contributed by atoms with van der Waals surface area (Å²) in [6.45, 7) is 1.10. The first-order valence-corrected chi connectivity index (χ1v) is 9.14. The lowest BCUT2D eigenvalue weighted by Gasteiger charge is -2.36. The van der Waals surface area contributed by atoms with Gasteiger partial charge in [-0.15, -0.1) is 0 Å². The molecule has 1 aromatic carbocycles. The average Bonchev–Trinajstić information content (AvgIpc) is 3.04. The highest BCUT2D eigenvalue weighted by molar-refractivity contribution is 9.10. The van der Waals surface area contributed by atoms with Crippen molar-refractivity contribution in [3.8, 4) is 0 Å². The maximum Gasteiger partial charge on any atom is 0.328 e. The molecule has 0 fully saturated rings. The lowest BCUT2D eigenvalue weighted by molar-refractivity contribution is -0.154. The molecule has 0 saturated heterocycles. The maximum atomic E-state index is 12.9. The predicted octanol–water partition coefficient (Wildman–Crippen LogP) is 2.60. The molecule has 0 bridgehead atoms. The first-order valence-electron chi connectivity index (χ1n) is 8.34. The summed E-state index contributed by atoms with van der Waals surface area (Å²) in [4.78, 5) is 28.6. The molecule has 0 radical (unpaired) electrons.